The minimum atomic E-state index is -0.190. The van der Waals surface area contributed by atoms with E-state index < -0.39 is 0 Å². The van der Waals surface area contributed by atoms with Crippen LogP contribution in [0.3, 0.4) is 0 Å². The summed E-state index contributed by atoms with van der Waals surface area (Å²) in [5.74, 6) is -0.190. The molecule has 18 heavy (non-hydrogen) atoms. The van der Waals surface area contributed by atoms with Gasteiger partial charge in [-0.15, -0.1) is 0 Å². The predicted octanol–water partition coefficient (Wildman–Crippen LogP) is 1.22. The second-order valence-corrected chi connectivity index (χ2v) is 5.01. The number of hydrogen-bond acceptors (Lipinski definition) is 2. The summed E-state index contributed by atoms with van der Waals surface area (Å²) in [4.78, 5) is 13.4. The van der Waals surface area contributed by atoms with Crippen molar-refractivity contribution >= 4 is 5.97 Å². The molecule has 1 aliphatic heterocycles. The molecule has 1 aromatic carbocycles. The quantitative estimate of drug-likeness (QED) is 0.812. The van der Waals surface area contributed by atoms with Gasteiger partial charge in [-0.2, -0.15) is 0 Å². The normalized spacial score (nSPS) is 16.5. The van der Waals surface area contributed by atoms with Crippen LogP contribution in [0.1, 0.15) is 35.2 Å². The molecule has 1 fully saturated rings. The molecule has 3 heteroatoms. The number of benzene rings is 1. The van der Waals surface area contributed by atoms with Crippen molar-refractivity contribution in [3.05, 3.63) is 35.4 Å². The third kappa shape index (κ3) is 3.57. The molecule has 1 aliphatic rings. The van der Waals surface area contributed by atoms with E-state index in [2.05, 4.69) is 0 Å². The zero-order valence-electron chi connectivity index (χ0n) is 11.1. The maximum atomic E-state index is 11.9. The lowest BCUT2D eigenvalue weighted by Gasteiger charge is -2.23. The largest absolute Gasteiger partial charge is 0.456 e. The third-order valence-corrected chi connectivity index (χ3v) is 3.61. The molecule has 98 valence electrons. The average molecular weight is 248 g/mol. The summed E-state index contributed by atoms with van der Waals surface area (Å²) in [6.45, 7) is 5.86. The highest BCUT2D eigenvalue weighted by molar-refractivity contribution is 5.90. The molecule has 0 aromatic heterocycles. The first kappa shape index (κ1) is 13.1. The van der Waals surface area contributed by atoms with Gasteiger partial charge in [-0.1, -0.05) is 18.2 Å². The number of hydrogen-bond donors (Lipinski definition) is 1. The monoisotopic (exact) mass is 248 g/mol. The Morgan fingerprint density at radius 1 is 1.22 bits per heavy atom. The highest BCUT2D eigenvalue weighted by Crippen LogP contribution is 2.08. The van der Waals surface area contributed by atoms with E-state index in [1.807, 2.05) is 31.2 Å². The lowest BCUT2D eigenvalue weighted by Crippen LogP contribution is -3.13. The zero-order chi connectivity index (χ0) is 12.8. The molecule has 0 amide bonds. The van der Waals surface area contributed by atoms with Gasteiger partial charge in [0.2, 0.25) is 0 Å². The number of rotatable bonds is 4. The van der Waals surface area contributed by atoms with E-state index in [0.717, 1.165) is 12.1 Å². The van der Waals surface area contributed by atoms with Gasteiger partial charge in [0.15, 0.2) is 0 Å². The van der Waals surface area contributed by atoms with Crippen molar-refractivity contribution in [2.24, 2.45) is 0 Å². The van der Waals surface area contributed by atoms with E-state index in [1.54, 1.807) is 4.90 Å². The number of ether oxygens (including phenoxy) is 1. The minimum absolute atomic E-state index is 0.190. The highest BCUT2D eigenvalue weighted by Gasteiger charge is 2.15. The minimum Gasteiger partial charge on any atom is -0.456 e. The Morgan fingerprint density at radius 2 is 1.94 bits per heavy atom. The molecule has 1 aromatic rings. The Balaban J connectivity index is 1.76. The molecule has 0 bridgehead atoms. The Morgan fingerprint density at radius 3 is 2.67 bits per heavy atom. The Kier molecular flexibility index (Phi) is 4.76. The van der Waals surface area contributed by atoms with Crippen LogP contribution in [-0.2, 0) is 4.74 Å². The van der Waals surface area contributed by atoms with E-state index in [0.29, 0.717) is 12.2 Å². The zero-order valence-corrected chi connectivity index (χ0v) is 11.1. The van der Waals surface area contributed by atoms with Crippen LogP contribution in [0, 0.1) is 6.92 Å². The van der Waals surface area contributed by atoms with Gasteiger partial charge < -0.3 is 9.64 Å². The summed E-state index contributed by atoms with van der Waals surface area (Å²) in [6, 6.07) is 7.57. The Hall–Kier alpha value is -1.35. The number of likely N-dealkylation sites (tertiary alicyclic amines) is 1. The second-order valence-electron chi connectivity index (χ2n) is 5.01. The average Bonchev–Trinajstić information content (AvgIpc) is 2.40. The SMILES string of the molecule is Cc1ccccc1C(=O)OCC[NH+]1CCCCC1. The molecular weight excluding hydrogens is 226 g/mol. The molecule has 3 nitrogen and oxygen atoms in total. The number of nitrogens with one attached hydrogen (secondary N) is 1. The molecule has 0 saturated carbocycles. The van der Waals surface area contributed by atoms with Gasteiger partial charge in [0.05, 0.1) is 18.7 Å². The molecule has 1 saturated heterocycles. The molecule has 1 N–H and O–H groups in total. The molecule has 0 unspecified atom stereocenters. The summed E-state index contributed by atoms with van der Waals surface area (Å²) in [7, 11) is 0. The van der Waals surface area contributed by atoms with Crippen molar-refractivity contribution in [3.8, 4) is 0 Å². The molecule has 0 aliphatic carbocycles. The summed E-state index contributed by atoms with van der Waals surface area (Å²) < 4.78 is 5.35. The highest BCUT2D eigenvalue weighted by atomic mass is 16.5. The Bertz CT molecular complexity index is 397. The predicted molar refractivity (Wildman–Crippen MR) is 70.9 cm³/mol. The standard InChI is InChI=1S/C15H21NO2/c1-13-7-3-4-8-14(13)15(17)18-12-11-16-9-5-2-6-10-16/h3-4,7-8H,2,5-6,9-12H2,1H3/p+1. The van der Waals surface area contributed by atoms with Gasteiger partial charge in [0, 0.05) is 0 Å². The van der Waals surface area contributed by atoms with Crippen LogP contribution in [0.15, 0.2) is 24.3 Å². The third-order valence-electron chi connectivity index (χ3n) is 3.61. The van der Waals surface area contributed by atoms with Crippen LogP contribution < -0.4 is 4.90 Å². The first-order chi connectivity index (χ1) is 8.77. The summed E-state index contributed by atoms with van der Waals surface area (Å²) in [6.07, 6.45) is 3.97. The molecule has 0 radical (unpaired) electrons. The van der Waals surface area contributed by atoms with Crippen molar-refractivity contribution in [2.75, 3.05) is 26.2 Å². The fourth-order valence-electron chi connectivity index (χ4n) is 2.47. The number of carbonyl (C=O) groups excluding carboxylic acids is 1. The number of carbonyl (C=O) groups is 1. The second kappa shape index (κ2) is 6.55. The first-order valence-electron chi connectivity index (χ1n) is 6.83. The van der Waals surface area contributed by atoms with Crippen molar-refractivity contribution < 1.29 is 14.4 Å². The maximum Gasteiger partial charge on any atom is 0.338 e. The lowest BCUT2D eigenvalue weighted by atomic mass is 10.1. The van der Waals surface area contributed by atoms with Crippen molar-refractivity contribution in [3.63, 3.8) is 0 Å². The molecular formula is C15H22NO2+. The lowest BCUT2D eigenvalue weighted by molar-refractivity contribution is -0.905. The number of esters is 1. The van der Waals surface area contributed by atoms with Crippen LogP contribution in [-0.4, -0.2) is 32.2 Å². The van der Waals surface area contributed by atoms with Crippen molar-refractivity contribution in [1.29, 1.82) is 0 Å². The van der Waals surface area contributed by atoms with Crippen molar-refractivity contribution in [1.82, 2.24) is 0 Å². The van der Waals surface area contributed by atoms with Crippen LogP contribution in [0.4, 0.5) is 0 Å². The topological polar surface area (TPSA) is 30.7 Å². The van der Waals surface area contributed by atoms with Crippen LogP contribution in [0.5, 0.6) is 0 Å². The smallest absolute Gasteiger partial charge is 0.338 e. The number of quaternary nitrogens is 1. The van der Waals surface area contributed by atoms with E-state index in [-0.39, 0.29) is 5.97 Å². The molecule has 0 atom stereocenters. The molecule has 0 spiro atoms. The molecule has 1 heterocycles. The van der Waals surface area contributed by atoms with Crippen LogP contribution >= 0.6 is 0 Å². The van der Waals surface area contributed by atoms with Crippen LogP contribution in [0.25, 0.3) is 0 Å². The van der Waals surface area contributed by atoms with E-state index >= 15 is 0 Å². The van der Waals surface area contributed by atoms with Gasteiger partial charge in [0.25, 0.3) is 0 Å². The van der Waals surface area contributed by atoms with Gasteiger partial charge in [-0.3, -0.25) is 0 Å². The van der Waals surface area contributed by atoms with Crippen molar-refractivity contribution in [2.45, 2.75) is 26.2 Å². The maximum absolute atomic E-state index is 11.9. The first-order valence-corrected chi connectivity index (χ1v) is 6.83. The number of piperidine rings is 1. The summed E-state index contributed by atoms with van der Waals surface area (Å²) >= 11 is 0. The van der Waals surface area contributed by atoms with Gasteiger partial charge >= 0.3 is 5.97 Å². The fraction of sp³-hybridized carbons (Fsp3) is 0.533. The number of aryl methyl sites for hydroxylation is 1. The summed E-state index contributed by atoms with van der Waals surface area (Å²) in [5.41, 5.74) is 1.67. The van der Waals surface area contributed by atoms with Gasteiger partial charge in [0.1, 0.15) is 13.2 Å². The Labute approximate surface area is 109 Å². The fourth-order valence-corrected chi connectivity index (χ4v) is 2.47. The molecule has 2 rings (SSSR count). The van der Waals surface area contributed by atoms with Gasteiger partial charge in [-0.25, -0.2) is 4.79 Å². The van der Waals surface area contributed by atoms with E-state index in [1.165, 1.54) is 32.4 Å². The van der Waals surface area contributed by atoms with E-state index in [4.69, 9.17) is 4.74 Å². The van der Waals surface area contributed by atoms with E-state index in [9.17, 15) is 4.79 Å². The summed E-state index contributed by atoms with van der Waals surface area (Å²) in [5, 5.41) is 0. The van der Waals surface area contributed by atoms with Gasteiger partial charge in [-0.05, 0) is 37.8 Å². The van der Waals surface area contributed by atoms with Crippen LogP contribution in [0.2, 0.25) is 0 Å².